The summed E-state index contributed by atoms with van der Waals surface area (Å²) in [6.07, 6.45) is 2.40. The molecule has 15 heavy (non-hydrogen) atoms. The number of nitrogens with zero attached hydrogens (tertiary/aromatic N) is 1. The van der Waals surface area contributed by atoms with Gasteiger partial charge in [0.25, 0.3) is 0 Å². The smallest absolute Gasteiger partial charge is 0.0406 e. The molecule has 1 rings (SSSR count). The molecule has 0 aliphatic rings. The molecule has 84 valence electrons. The second-order valence-electron chi connectivity index (χ2n) is 3.79. The highest BCUT2D eigenvalue weighted by Gasteiger charge is 1.99. The summed E-state index contributed by atoms with van der Waals surface area (Å²) in [5, 5.41) is 0.802. The van der Waals surface area contributed by atoms with Crippen LogP contribution < -0.4 is 0 Å². The Bertz CT molecular complexity index is 273. The molecular weight excluding hydrogens is 226 g/mol. The first-order valence-electron chi connectivity index (χ1n) is 5.26. The van der Waals surface area contributed by atoms with Gasteiger partial charge in [-0.1, -0.05) is 23.7 Å². The average Bonchev–Trinajstić information content (AvgIpc) is 2.22. The minimum atomic E-state index is 0.802. The van der Waals surface area contributed by atoms with Gasteiger partial charge in [-0.15, -0.1) is 0 Å². The van der Waals surface area contributed by atoms with Crippen molar-refractivity contribution in [1.29, 1.82) is 0 Å². The van der Waals surface area contributed by atoms with Crippen molar-refractivity contribution in [2.75, 3.05) is 19.3 Å². The van der Waals surface area contributed by atoms with Crippen molar-refractivity contribution in [3.05, 3.63) is 34.9 Å². The van der Waals surface area contributed by atoms with Crippen molar-refractivity contribution >= 4 is 24.2 Å². The lowest BCUT2D eigenvalue weighted by atomic mass is 10.2. The number of rotatable bonds is 6. The summed E-state index contributed by atoms with van der Waals surface area (Å²) in [6, 6.07) is 8.05. The third-order valence-electron chi connectivity index (χ3n) is 2.31. The molecule has 0 heterocycles. The first kappa shape index (κ1) is 12.9. The van der Waals surface area contributed by atoms with Gasteiger partial charge in [0, 0.05) is 11.6 Å². The van der Waals surface area contributed by atoms with Crippen LogP contribution in [0, 0.1) is 0 Å². The Labute approximate surface area is 103 Å². The van der Waals surface area contributed by atoms with Crippen molar-refractivity contribution < 1.29 is 0 Å². The summed E-state index contributed by atoms with van der Waals surface area (Å²) >= 11 is 10.0. The zero-order valence-electron chi connectivity index (χ0n) is 9.12. The lowest BCUT2D eigenvalue weighted by Crippen LogP contribution is -2.19. The second kappa shape index (κ2) is 7.15. The van der Waals surface area contributed by atoms with Crippen LogP contribution in [0.15, 0.2) is 24.3 Å². The zero-order chi connectivity index (χ0) is 11.1. The van der Waals surface area contributed by atoms with Crippen LogP contribution in [0.2, 0.25) is 5.02 Å². The van der Waals surface area contributed by atoms with E-state index in [-0.39, 0.29) is 0 Å². The van der Waals surface area contributed by atoms with Crippen LogP contribution in [-0.4, -0.2) is 24.2 Å². The van der Waals surface area contributed by atoms with Gasteiger partial charge in [-0.05, 0) is 49.9 Å². The fourth-order valence-corrected chi connectivity index (χ4v) is 1.82. The maximum Gasteiger partial charge on any atom is 0.0406 e. The predicted molar refractivity (Wildman–Crippen MR) is 70.9 cm³/mol. The van der Waals surface area contributed by atoms with Crippen LogP contribution in [0.3, 0.4) is 0 Å². The van der Waals surface area contributed by atoms with E-state index in [9.17, 15) is 0 Å². The number of thiol groups is 1. The lowest BCUT2D eigenvalue weighted by Gasteiger charge is -2.16. The van der Waals surface area contributed by atoms with E-state index < -0.39 is 0 Å². The standard InChI is InChI=1S/C12H18ClNS/c1-14(8-2-3-9-15)10-11-4-6-12(13)7-5-11/h4-7,15H,2-3,8-10H2,1H3. The van der Waals surface area contributed by atoms with E-state index in [1.807, 2.05) is 12.1 Å². The SMILES string of the molecule is CN(CCCCS)Cc1ccc(Cl)cc1. The summed E-state index contributed by atoms with van der Waals surface area (Å²) in [5.74, 6) is 0.981. The molecule has 0 saturated heterocycles. The van der Waals surface area contributed by atoms with Gasteiger partial charge >= 0.3 is 0 Å². The van der Waals surface area contributed by atoms with Gasteiger partial charge in [-0.3, -0.25) is 0 Å². The monoisotopic (exact) mass is 243 g/mol. The fraction of sp³-hybridized carbons (Fsp3) is 0.500. The molecule has 3 heteroatoms. The summed E-state index contributed by atoms with van der Waals surface area (Å²) in [7, 11) is 2.15. The zero-order valence-corrected chi connectivity index (χ0v) is 10.8. The molecular formula is C12H18ClNS. The van der Waals surface area contributed by atoms with Gasteiger partial charge < -0.3 is 4.90 Å². The molecule has 0 N–H and O–H groups in total. The van der Waals surface area contributed by atoms with Crippen molar-refractivity contribution in [2.45, 2.75) is 19.4 Å². The third-order valence-corrected chi connectivity index (χ3v) is 2.88. The summed E-state index contributed by atoms with van der Waals surface area (Å²) < 4.78 is 0. The van der Waals surface area contributed by atoms with E-state index in [0.29, 0.717) is 0 Å². The minimum absolute atomic E-state index is 0.802. The van der Waals surface area contributed by atoms with Crippen LogP contribution in [0.25, 0.3) is 0 Å². The van der Waals surface area contributed by atoms with Crippen LogP contribution in [0.1, 0.15) is 18.4 Å². The van der Waals surface area contributed by atoms with Gasteiger partial charge in [0.05, 0.1) is 0 Å². The Kier molecular flexibility index (Phi) is 6.15. The summed E-state index contributed by atoms with van der Waals surface area (Å²) in [6.45, 7) is 2.12. The van der Waals surface area contributed by atoms with Crippen molar-refractivity contribution in [2.24, 2.45) is 0 Å². The molecule has 1 aromatic carbocycles. The first-order chi connectivity index (χ1) is 7.22. The van der Waals surface area contributed by atoms with Crippen molar-refractivity contribution in [1.82, 2.24) is 4.90 Å². The van der Waals surface area contributed by atoms with Gasteiger partial charge in [-0.25, -0.2) is 0 Å². The quantitative estimate of drug-likeness (QED) is 0.592. The van der Waals surface area contributed by atoms with Crippen molar-refractivity contribution in [3.63, 3.8) is 0 Å². The highest BCUT2D eigenvalue weighted by molar-refractivity contribution is 7.80. The Morgan fingerprint density at radius 1 is 1.20 bits per heavy atom. The minimum Gasteiger partial charge on any atom is -0.302 e. The van der Waals surface area contributed by atoms with Gasteiger partial charge in [0.15, 0.2) is 0 Å². The molecule has 0 radical (unpaired) electrons. The van der Waals surface area contributed by atoms with E-state index in [1.54, 1.807) is 0 Å². The molecule has 0 fully saturated rings. The van der Waals surface area contributed by atoms with E-state index in [2.05, 4.69) is 36.7 Å². The molecule has 0 aliphatic heterocycles. The number of unbranched alkanes of at least 4 members (excludes halogenated alkanes) is 1. The molecule has 0 atom stereocenters. The van der Waals surface area contributed by atoms with E-state index in [4.69, 9.17) is 11.6 Å². The molecule has 1 nitrogen and oxygen atoms in total. The molecule has 0 unspecified atom stereocenters. The Hall–Kier alpha value is -0.180. The van der Waals surface area contributed by atoms with Crippen LogP contribution in [-0.2, 0) is 6.54 Å². The highest BCUT2D eigenvalue weighted by Crippen LogP contribution is 2.11. The highest BCUT2D eigenvalue weighted by atomic mass is 35.5. The van der Waals surface area contributed by atoms with E-state index in [1.165, 1.54) is 18.4 Å². The molecule has 0 spiro atoms. The predicted octanol–water partition coefficient (Wildman–Crippen LogP) is 3.48. The Morgan fingerprint density at radius 3 is 2.47 bits per heavy atom. The Balaban J connectivity index is 2.31. The van der Waals surface area contributed by atoms with Gasteiger partial charge in [-0.2, -0.15) is 12.6 Å². The normalized spacial score (nSPS) is 10.9. The van der Waals surface area contributed by atoms with E-state index >= 15 is 0 Å². The number of hydrogen-bond acceptors (Lipinski definition) is 2. The fourth-order valence-electron chi connectivity index (χ4n) is 1.47. The van der Waals surface area contributed by atoms with Crippen LogP contribution in [0.4, 0.5) is 0 Å². The maximum atomic E-state index is 5.83. The molecule has 0 bridgehead atoms. The van der Waals surface area contributed by atoms with Crippen LogP contribution in [0.5, 0.6) is 0 Å². The largest absolute Gasteiger partial charge is 0.302 e. The molecule has 0 saturated carbocycles. The van der Waals surface area contributed by atoms with Crippen molar-refractivity contribution in [3.8, 4) is 0 Å². The number of hydrogen-bond donors (Lipinski definition) is 1. The topological polar surface area (TPSA) is 3.24 Å². The maximum absolute atomic E-state index is 5.83. The average molecular weight is 244 g/mol. The molecule has 0 aromatic heterocycles. The van der Waals surface area contributed by atoms with E-state index in [0.717, 1.165) is 23.9 Å². The molecule has 0 aliphatic carbocycles. The first-order valence-corrected chi connectivity index (χ1v) is 6.27. The second-order valence-corrected chi connectivity index (χ2v) is 4.68. The number of halogens is 1. The summed E-state index contributed by atoms with van der Waals surface area (Å²) in [4.78, 5) is 2.33. The molecule has 1 aromatic rings. The van der Waals surface area contributed by atoms with Crippen LogP contribution >= 0.6 is 24.2 Å². The Morgan fingerprint density at radius 2 is 1.87 bits per heavy atom. The molecule has 0 amide bonds. The van der Waals surface area contributed by atoms with Gasteiger partial charge in [0.1, 0.15) is 0 Å². The third kappa shape index (κ3) is 5.45. The summed E-state index contributed by atoms with van der Waals surface area (Å²) in [5.41, 5.74) is 1.31. The number of benzene rings is 1. The van der Waals surface area contributed by atoms with Gasteiger partial charge in [0.2, 0.25) is 0 Å². The lowest BCUT2D eigenvalue weighted by molar-refractivity contribution is 0.321.